The molecule has 2 unspecified atom stereocenters. The van der Waals surface area contributed by atoms with Gasteiger partial charge < -0.3 is 19.9 Å². The normalized spacial score (nSPS) is 15.5. The SMILES string of the molecule is CC(NCc1cccc(OC(F)(F)F)c1)C(O)(NCc1cccc(OC(F)(F)F)c1)C(F)(F)F. The standard InChI is InChI=1S/C20H19F9N2O3/c1-12(30-10-13-4-2-6-15(8-13)33-19(24,25)26)17(32,18(21,22)23)31-11-14-5-3-7-16(9-14)34-20(27,28)29/h2-9,12,30-32H,10-11H2,1H3. The first-order valence-corrected chi connectivity index (χ1v) is 9.45. The zero-order valence-corrected chi connectivity index (χ0v) is 17.3. The number of halogens is 9. The van der Waals surface area contributed by atoms with Gasteiger partial charge >= 0.3 is 18.9 Å². The molecule has 0 radical (unpaired) electrons. The van der Waals surface area contributed by atoms with Crippen LogP contribution in [0.4, 0.5) is 39.5 Å². The van der Waals surface area contributed by atoms with Gasteiger partial charge in [-0.2, -0.15) is 13.2 Å². The van der Waals surface area contributed by atoms with Crippen LogP contribution >= 0.6 is 0 Å². The molecule has 3 N–H and O–H groups in total. The Morgan fingerprint density at radius 2 is 1.21 bits per heavy atom. The number of hydrogen-bond acceptors (Lipinski definition) is 5. The summed E-state index contributed by atoms with van der Waals surface area (Å²) in [5, 5.41) is 14.6. The summed E-state index contributed by atoms with van der Waals surface area (Å²) < 4.78 is 122. The lowest BCUT2D eigenvalue weighted by Gasteiger charge is -2.37. The number of ether oxygens (including phenoxy) is 2. The molecule has 0 fully saturated rings. The lowest BCUT2D eigenvalue weighted by molar-refractivity contribution is -0.283. The van der Waals surface area contributed by atoms with Crippen LogP contribution in [0.5, 0.6) is 11.5 Å². The highest BCUT2D eigenvalue weighted by molar-refractivity contribution is 5.29. The Morgan fingerprint density at radius 3 is 1.62 bits per heavy atom. The highest BCUT2D eigenvalue weighted by atomic mass is 19.4. The van der Waals surface area contributed by atoms with Gasteiger partial charge in [0.1, 0.15) is 11.5 Å². The molecule has 0 heterocycles. The zero-order chi connectivity index (χ0) is 25.8. The highest BCUT2D eigenvalue weighted by Gasteiger charge is 2.57. The van der Waals surface area contributed by atoms with Crippen molar-refractivity contribution in [2.45, 2.75) is 50.7 Å². The lowest BCUT2D eigenvalue weighted by Crippen LogP contribution is -2.66. The average molecular weight is 506 g/mol. The fourth-order valence-electron chi connectivity index (χ4n) is 2.86. The van der Waals surface area contributed by atoms with E-state index < -0.39 is 48.7 Å². The number of benzene rings is 2. The van der Waals surface area contributed by atoms with Gasteiger partial charge in [0.15, 0.2) is 0 Å². The number of alkyl halides is 9. The summed E-state index contributed by atoms with van der Waals surface area (Å²) in [4.78, 5) is 0. The van der Waals surface area contributed by atoms with Gasteiger partial charge in [-0.1, -0.05) is 24.3 Å². The second kappa shape index (κ2) is 10.3. The van der Waals surface area contributed by atoms with E-state index in [4.69, 9.17) is 0 Å². The summed E-state index contributed by atoms with van der Waals surface area (Å²) in [7, 11) is 0. The Hall–Kier alpha value is -2.71. The third-order valence-corrected chi connectivity index (χ3v) is 4.50. The smallest absolute Gasteiger partial charge is 0.406 e. The first-order valence-electron chi connectivity index (χ1n) is 9.45. The minimum absolute atomic E-state index is 0.0476. The predicted octanol–water partition coefficient (Wildman–Crippen LogP) is 5.00. The molecule has 0 saturated heterocycles. The van der Waals surface area contributed by atoms with Crippen LogP contribution in [0, 0.1) is 0 Å². The molecule has 2 rings (SSSR count). The maximum absolute atomic E-state index is 13.7. The molecule has 5 nitrogen and oxygen atoms in total. The molecule has 190 valence electrons. The van der Waals surface area contributed by atoms with Crippen LogP contribution in [0.25, 0.3) is 0 Å². The molecule has 0 aliphatic rings. The van der Waals surface area contributed by atoms with E-state index >= 15 is 0 Å². The van der Waals surface area contributed by atoms with Gasteiger partial charge in [-0.25, -0.2) is 0 Å². The number of rotatable bonds is 9. The van der Waals surface area contributed by atoms with Gasteiger partial charge in [0, 0.05) is 13.1 Å². The minimum atomic E-state index is -5.24. The summed E-state index contributed by atoms with van der Waals surface area (Å²) >= 11 is 0. The van der Waals surface area contributed by atoms with Crippen LogP contribution in [0.2, 0.25) is 0 Å². The molecule has 2 atom stereocenters. The number of nitrogens with one attached hydrogen (secondary N) is 2. The van der Waals surface area contributed by atoms with Gasteiger partial charge in [0.25, 0.3) is 0 Å². The number of hydrogen-bond donors (Lipinski definition) is 3. The monoisotopic (exact) mass is 506 g/mol. The van der Waals surface area contributed by atoms with Crippen molar-refractivity contribution in [2.24, 2.45) is 0 Å². The molecule has 2 aromatic carbocycles. The molecular weight excluding hydrogens is 487 g/mol. The minimum Gasteiger partial charge on any atom is -0.406 e. The van der Waals surface area contributed by atoms with E-state index in [1.165, 1.54) is 18.2 Å². The molecule has 0 amide bonds. The van der Waals surface area contributed by atoms with Crippen molar-refractivity contribution in [1.29, 1.82) is 0 Å². The highest BCUT2D eigenvalue weighted by Crippen LogP contribution is 2.32. The summed E-state index contributed by atoms with van der Waals surface area (Å²) in [5.74, 6) is -1.24. The average Bonchev–Trinajstić information content (AvgIpc) is 2.67. The van der Waals surface area contributed by atoms with E-state index in [-0.39, 0.29) is 17.7 Å². The van der Waals surface area contributed by atoms with Crippen molar-refractivity contribution >= 4 is 0 Å². The van der Waals surface area contributed by atoms with E-state index in [2.05, 4.69) is 14.8 Å². The summed E-state index contributed by atoms with van der Waals surface area (Å²) in [5.41, 5.74) is -3.46. The second-order valence-electron chi connectivity index (χ2n) is 7.11. The van der Waals surface area contributed by atoms with Crippen LogP contribution in [0.15, 0.2) is 48.5 Å². The van der Waals surface area contributed by atoms with E-state index in [1.54, 1.807) is 0 Å². The molecular formula is C20H19F9N2O3. The van der Waals surface area contributed by atoms with Gasteiger partial charge in [-0.15, -0.1) is 26.3 Å². The Labute approximate surface area is 187 Å². The quantitative estimate of drug-likeness (QED) is 0.330. The molecule has 0 spiro atoms. The molecule has 2 aromatic rings. The van der Waals surface area contributed by atoms with E-state index in [9.17, 15) is 44.6 Å². The second-order valence-corrected chi connectivity index (χ2v) is 7.11. The maximum Gasteiger partial charge on any atom is 0.573 e. The molecule has 0 aliphatic carbocycles. The van der Waals surface area contributed by atoms with E-state index in [1.807, 2.05) is 5.32 Å². The van der Waals surface area contributed by atoms with Crippen molar-refractivity contribution in [3.8, 4) is 11.5 Å². The van der Waals surface area contributed by atoms with Crippen molar-refractivity contribution in [3.63, 3.8) is 0 Å². The first kappa shape index (κ1) is 27.5. The molecule has 0 saturated carbocycles. The van der Waals surface area contributed by atoms with Crippen molar-refractivity contribution < 1.29 is 54.1 Å². The molecule has 0 aromatic heterocycles. The van der Waals surface area contributed by atoms with Crippen LogP contribution in [-0.2, 0) is 13.1 Å². The molecule has 0 aliphatic heterocycles. The molecule has 34 heavy (non-hydrogen) atoms. The van der Waals surface area contributed by atoms with Crippen LogP contribution < -0.4 is 20.1 Å². The summed E-state index contributed by atoms with van der Waals surface area (Å²) in [6.07, 6.45) is -15.2. The van der Waals surface area contributed by atoms with Crippen LogP contribution in [-0.4, -0.2) is 35.8 Å². The van der Waals surface area contributed by atoms with Crippen molar-refractivity contribution in [1.82, 2.24) is 10.6 Å². The van der Waals surface area contributed by atoms with Gasteiger partial charge in [0.05, 0.1) is 6.04 Å². The topological polar surface area (TPSA) is 62.8 Å². The number of aliphatic hydroxyl groups is 1. The molecule has 0 bridgehead atoms. The Bertz CT molecular complexity index is 948. The Kier molecular flexibility index (Phi) is 8.32. The van der Waals surface area contributed by atoms with Gasteiger partial charge in [-0.05, 0) is 42.3 Å². The summed E-state index contributed by atoms with van der Waals surface area (Å²) in [6, 6.07) is 6.90. The fourth-order valence-corrected chi connectivity index (χ4v) is 2.86. The largest absolute Gasteiger partial charge is 0.573 e. The Morgan fingerprint density at radius 1 is 0.765 bits per heavy atom. The predicted molar refractivity (Wildman–Crippen MR) is 100 cm³/mol. The first-order chi connectivity index (χ1) is 15.5. The van der Waals surface area contributed by atoms with Crippen molar-refractivity contribution in [2.75, 3.05) is 0 Å². The third kappa shape index (κ3) is 8.25. The van der Waals surface area contributed by atoms with E-state index in [0.717, 1.165) is 37.3 Å². The third-order valence-electron chi connectivity index (χ3n) is 4.50. The lowest BCUT2D eigenvalue weighted by atomic mass is 10.0. The maximum atomic E-state index is 13.7. The van der Waals surface area contributed by atoms with Crippen LogP contribution in [0.3, 0.4) is 0 Å². The van der Waals surface area contributed by atoms with Crippen LogP contribution in [0.1, 0.15) is 18.1 Å². The Balaban J connectivity index is 2.10. The van der Waals surface area contributed by atoms with Crippen molar-refractivity contribution in [3.05, 3.63) is 59.7 Å². The van der Waals surface area contributed by atoms with Gasteiger partial charge in [-0.3, -0.25) is 5.32 Å². The fraction of sp³-hybridized carbons (Fsp3) is 0.400. The molecule has 14 heteroatoms. The summed E-state index contributed by atoms with van der Waals surface area (Å²) in [6.45, 7) is -0.0864. The van der Waals surface area contributed by atoms with E-state index in [0.29, 0.717) is 0 Å². The van der Waals surface area contributed by atoms with Gasteiger partial charge in [0.2, 0.25) is 5.72 Å². The zero-order valence-electron chi connectivity index (χ0n) is 17.3.